The maximum absolute atomic E-state index is 12.3. The fourth-order valence-corrected chi connectivity index (χ4v) is 5.08. The van der Waals surface area contributed by atoms with Crippen LogP contribution in [-0.4, -0.2) is 89.0 Å². The van der Waals surface area contributed by atoms with Crippen molar-refractivity contribution in [2.75, 3.05) is 19.6 Å². The number of benzene rings is 1. The molecule has 0 aliphatic carbocycles. The van der Waals surface area contributed by atoms with Gasteiger partial charge in [0, 0.05) is 25.7 Å². The number of likely N-dealkylation sites (tertiary alicyclic amines) is 1. The molecule has 1 aliphatic rings. The van der Waals surface area contributed by atoms with Crippen molar-refractivity contribution in [2.24, 2.45) is 0 Å². The molecule has 0 unspecified atom stereocenters. The molecule has 0 radical (unpaired) electrons. The van der Waals surface area contributed by atoms with E-state index in [0.29, 0.717) is 12.8 Å². The summed E-state index contributed by atoms with van der Waals surface area (Å²) in [5.41, 5.74) is -1.67. The standard InChI is InChI=1S/C22H25N3O2S.C6H8O7/c26-21-9-8-19(20-7-4-16-28-20)23-25(21)17-22(27)11-14-24(15-12-22)13-10-18-5-2-1-3-6-18;7-3(8)1-6(13,5(11)12)2-4(9)10/h1-9,16,27H,10-15,17H2;13H,1-2H2,(H,7,8)(H,9,10)(H,11,12). The third-order valence-electron chi connectivity index (χ3n) is 6.72. The van der Waals surface area contributed by atoms with Crippen LogP contribution in [0.3, 0.4) is 0 Å². The molecule has 0 amide bonds. The van der Waals surface area contributed by atoms with Crippen LogP contribution in [0.4, 0.5) is 0 Å². The van der Waals surface area contributed by atoms with E-state index in [-0.39, 0.29) is 12.1 Å². The lowest BCUT2D eigenvalue weighted by Crippen LogP contribution is -2.48. The summed E-state index contributed by atoms with van der Waals surface area (Å²) < 4.78 is 1.43. The van der Waals surface area contributed by atoms with E-state index in [9.17, 15) is 24.3 Å². The van der Waals surface area contributed by atoms with Crippen LogP contribution in [-0.2, 0) is 27.3 Å². The highest BCUT2D eigenvalue weighted by Crippen LogP contribution is 2.25. The molecule has 41 heavy (non-hydrogen) atoms. The van der Waals surface area contributed by atoms with Gasteiger partial charge in [-0.05, 0) is 42.3 Å². The summed E-state index contributed by atoms with van der Waals surface area (Å²) in [6.07, 6.45) is 0.0324. The number of nitrogens with zero attached hydrogens (tertiary/aromatic N) is 3. The molecule has 1 saturated heterocycles. The number of hydrogen-bond donors (Lipinski definition) is 5. The van der Waals surface area contributed by atoms with E-state index in [1.54, 1.807) is 23.5 Å². The number of carboxylic acid groups (broad SMARTS) is 3. The Morgan fingerprint density at radius 3 is 2.10 bits per heavy atom. The second-order valence-corrected chi connectivity index (χ2v) is 10.9. The molecule has 0 atom stereocenters. The molecule has 2 aromatic heterocycles. The van der Waals surface area contributed by atoms with Gasteiger partial charge in [-0.1, -0.05) is 36.4 Å². The molecule has 12 nitrogen and oxygen atoms in total. The van der Waals surface area contributed by atoms with Gasteiger partial charge in [-0.25, -0.2) is 9.48 Å². The second kappa shape index (κ2) is 14.1. The first kappa shape index (κ1) is 31.6. The normalized spacial score (nSPS) is 15.0. The van der Waals surface area contributed by atoms with Crippen LogP contribution < -0.4 is 5.56 Å². The predicted molar refractivity (Wildman–Crippen MR) is 150 cm³/mol. The predicted octanol–water partition coefficient (Wildman–Crippen LogP) is 1.79. The minimum atomic E-state index is -2.74. The fraction of sp³-hybridized carbons (Fsp3) is 0.393. The molecule has 0 bridgehead atoms. The Bertz CT molecular complexity index is 1350. The number of hydrogen-bond acceptors (Lipinski definition) is 9. The Labute approximate surface area is 239 Å². The lowest BCUT2D eigenvalue weighted by atomic mass is 9.91. The summed E-state index contributed by atoms with van der Waals surface area (Å²) in [6, 6.07) is 17.7. The van der Waals surface area contributed by atoms with E-state index in [1.165, 1.54) is 10.2 Å². The average molecular weight is 588 g/mol. The van der Waals surface area contributed by atoms with Gasteiger partial charge in [-0.15, -0.1) is 11.3 Å². The third-order valence-corrected chi connectivity index (χ3v) is 7.61. The second-order valence-electron chi connectivity index (χ2n) is 9.97. The van der Waals surface area contributed by atoms with Crippen LogP contribution in [0.5, 0.6) is 0 Å². The Kier molecular flexibility index (Phi) is 10.9. The monoisotopic (exact) mass is 587 g/mol. The Morgan fingerprint density at radius 1 is 0.927 bits per heavy atom. The maximum atomic E-state index is 12.3. The molecule has 0 spiro atoms. The van der Waals surface area contributed by atoms with Crippen molar-refractivity contribution in [3.05, 3.63) is 75.9 Å². The Morgan fingerprint density at radius 2 is 1.56 bits per heavy atom. The van der Waals surface area contributed by atoms with Crippen LogP contribution in [0.15, 0.2) is 64.8 Å². The average Bonchev–Trinajstić information content (AvgIpc) is 3.45. The molecule has 1 aromatic carbocycles. The summed E-state index contributed by atoms with van der Waals surface area (Å²) in [5, 5.41) is 51.3. The van der Waals surface area contributed by atoms with Gasteiger partial charge in [0.15, 0.2) is 5.60 Å². The topological polar surface area (TPSA) is 190 Å². The molecule has 1 fully saturated rings. The van der Waals surface area contributed by atoms with E-state index in [0.717, 1.165) is 36.6 Å². The maximum Gasteiger partial charge on any atom is 0.336 e. The first-order valence-corrected chi connectivity index (χ1v) is 13.8. The fourth-order valence-electron chi connectivity index (χ4n) is 4.39. The van der Waals surface area contributed by atoms with Crippen LogP contribution in [0.2, 0.25) is 0 Å². The van der Waals surface area contributed by atoms with Crippen molar-refractivity contribution in [2.45, 2.75) is 49.9 Å². The summed E-state index contributed by atoms with van der Waals surface area (Å²) in [7, 11) is 0. The largest absolute Gasteiger partial charge is 0.481 e. The van der Waals surface area contributed by atoms with Gasteiger partial charge in [0.25, 0.3) is 5.56 Å². The zero-order valence-corrected chi connectivity index (χ0v) is 23.1. The number of aliphatic carboxylic acids is 3. The van der Waals surface area contributed by atoms with Crippen LogP contribution in [0, 0.1) is 0 Å². The lowest BCUT2D eigenvalue weighted by molar-refractivity contribution is -0.170. The number of rotatable bonds is 11. The first-order chi connectivity index (χ1) is 19.4. The van der Waals surface area contributed by atoms with E-state index in [1.807, 2.05) is 23.6 Å². The highest BCUT2D eigenvalue weighted by Gasteiger charge is 2.40. The summed E-state index contributed by atoms with van der Waals surface area (Å²) in [6.45, 7) is 2.91. The van der Waals surface area contributed by atoms with Crippen LogP contribution in [0.25, 0.3) is 10.6 Å². The molecule has 3 heterocycles. The van der Waals surface area contributed by atoms with Crippen molar-refractivity contribution in [1.82, 2.24) is 14.7 Å². The highest BCUT2D eigenvalue weighted by molar-refractivity contribution is 7.13. The zero-order chi connectivity index (χ0) is 30.0. The third kappa shape index (κ3) is 9.60. The summed E-state index contributed by atoms with van der Waals surface area (Å²) in [4.78, 5) is 46.2. The van der Waals surface area contributed by atoms with Gasteiger partial charge < -0.3 is 30.4 Å². The minimum absolute atomic E-state index is 0.166. The Balaban J connectivity index is 0.000000302. The van der Waals surface area contributed by atoms with Gasteiger partial charge >= 0.3 is 17.9 Å². The minimum Gasteiger partial charge on any atom is -0.481 e. The highest BCUT2D eigenvalue weighted by atomic mass is 32.1. The summed E-state index contributed by atoms with van der Waals surface area (Å²) in [5.74, 6) is -5.02. The SMILES string of the molecule is O=C(O)CC(O)(CC(=O)O)C(=O)O.O=c1ccc(-c2cccs2)nn1CC1(O)CCN(CCc2ccccc2)CC1. The van der Waals surface area contributed by atoms with Gasteiger partial charge in [-0.2, -0.15) is 5.10 Å². The number of piperidine rings is 1. The zero-order valence-electron chi connectivity index (χ0n) is 22.3. The van der Waals surface area contributed by atoms with Crippen molar-refractivity contribution in [1.29, 1.82) is 0 Å². The lowest BCUT2D eigenvalue weighted by Gasteiger charge is -2.38. The van der Waals surface area contributed by atoms with Crippen molar-refractivity contribution in [3.8, 4) is 10.6 Å². The number of thiophene rings is 1. The molecule has 3 aromatic rings. The molecular formula is C28H33N3O9S. The molecule has 13 heteroatoms. The van der Waals surface area contributed by atoms with E-state index in [2.05, 4.69) is 34.3 Å². The van der Waals surface area contributed by atoms with Crippen LogP contribution in [0.1, 0.15) is 31.2 Å². The first-order valence-electron chi connectivity index (χ1n) is 12.9. The number of aromatic nitrogens is 2. The smallest absolute Gasteiger partial charge is 0.336 e. The number of carboxylic acids is 3. The molecule has 220 valence electrons. The molecule has 5 N–H and O–H groups in total. The van der Waals surface area contributed by atoms with Gasteiger partial charge in [0.2, 0.25) is 0 Å². The van der Waals surface area contributed by atoms with Crippen molar-refractivity contribution >= 4 is 29.2 Å². The van der Waals surface area contributed by atoms with Gasteiger partial charge in [0.05, 0.1) is 29.9 Å². The van der Waals surface area contributed by atoms with E-state index < -0.39 is 42.0 Å². The number of carbonyl (C=O) groups is 3. The van der Waals surface area contributed by atoms with Gasteiger partial charge in [-0.3, -0.25) is 14.4 Å². The van der Waals surface area contributed by atoms with Crippen molar-refractivity contribution < 1.29 is 39.9 Å². The van der Waals surface area contributed by atoms with Gasteiger partial charge in [0.1, 0.15) is 5.69 Å². The quantitative estimate of drug-likeness (QED) is 0.220. The number of aliphatic hydroxyl groups is 2. The Hall–Kier alpha value is -3.91. The summed E-state index contributed by atoms with van der Waals surface area (Å²) >= 11 is 1.59. The molecule has 0 saturated carbocycles. The molecular weight excluding hydrogens is 554 g/mol. The molecule has 1 aliphatic heterocycles. The van der Waals surface area contributed by atoms with Crippen LogP contribution >= 0.6 is 11.3 Å². The van der Waals surface area contributed by atoms with Crippen molar-refractivity contribution in [3.63, 3.8) is 0 Å². The molecule has 4 rings (SSSR count). The van der Waals surface area contributed by atoms with E-state index >= 15 is 0 Å². The van der Waals surface area contributed by atoms with E-state index in [4.69, 9.17) is 20.4 Å².